The van der Waals surface area contributed by atoms with Crippen LogP contribution in [-0.2, 0) is 4.74 Å². The number of aromatic nitrogens is 1. The predicted octanol–water partition coefficient (Wildman–Crippen LogP) is 0.617. The van der Waals surface area contributed by atoms with Crippen LogP contribution in [0.1, 0.15) is 18.4 Å². The third-order valence-electron chi connectivity index (χ3n) is 4.28. The molecule has 0 unspecified atom stereocenters. The number of β-amino-alcohol motifs (C(OH)–C–C–N with tert-alkyl or cyclic N) is 1. The van der Waals surface area contributed by atoms with Crippen LogP contribution in [0, 0.1) is 11.3 Å². The number of hydrogen-bond donors (Lipinski definition) is 1. The summed E-state index contributed by atoms with van der Waals surface area (Å²) in [6, 6.07) is 5.66. The van der Waals surface area contributed by atoms with Gasteiger partial charge in [-0.05, 0) is 38.1 Å². The van der Waals surface area contributed by atoms with Crippen LogP contribution in [0.2, 0.25) is 0 Å². The lowest BCUT2D eigenvalue weighted by atomic mass is 10.0. The summed E-state index contributed by atoms with van der Waals surface area (Å²) < 4.78 is 5.62. The molecule has 2 saturated heterocycles. The second kappa shape index (κ2) is 6.61. The van der Waals surface area contributed by atoms with E-state index in [1.54, 1.807) is 12.3 Å². The summed E-state index contributed by atoms with van der Waals surface area (Å²) in [5.74, 6) is 0.782. The summed E-state index contributed by atoms with van der Waals surface area (Å²) in [7, 11) is 0. The number of pyridine rings is 1. The van der Waals surface area contributed by atoms with Crippen molar-refractivity contribution >= 4 is 5.82 Å². The van der Waals surface area contributed by atoms with Crippen molar-refractivity contribution in [3.05, 3.63) is 23.9 Å². The number of aliphatic hydroxyl groups is 1. The van der Waals surface area contributed by atoms with Crippen LogP contribution < -0.4 is 4.90 Å². The number of nitrogens with zero attached hydrogens (tertiary/aromatic N) is 4. The maximum atomic E-state index is 11.0. The number of likely N-dealkylation sites (tertiary alicyclic amines) is 1. The van der Waals surface area contributed by atoms with Crippen molar-refractivity contribution in [1.82, 2.24) is 9.88 Å². The van der Waals surface area contributed by atoms with Crippen LogP contribution in [0.3, 0.4) is 0 Å². The summed E-state index contributed by atoms with van der Waals surface area (Å²) in [4.78, 5) is 8.69. The van der Waals surface area contributed by atoms with Crippen molar-refractivity contribution in [3.8, 4) is 6.07 Å². The molecule has 0 spiro atoms. The Hall–Kier alpha value is -1.68. The minimum absolute atomic E-state index is 0.357. The van der Waals surface area contributed by atoms with E-state index in [2.05, 4.69) is 16.0 Å². The van der Waals surface area contributed by atoms with Gasteiger partial charge in [0.25, 0.3) is 0 Å². The normalized spacial score (nSPS) is 26.6. The average molecular weight is 302 g/mol. The van der Waals surface area contributed by atoms with Gasteiger partial charge in [-0.25, -0.2) is 4.98 Å². The number of anilines is 1. The van der Waals surface area contributed by atoms with Gasteiger partial charge in [-0.15, -0.1) is 0 Å². The molecule has 0 radical (unpaired) electrons. The fourth-order valence-electron chi connectivity index (χ4n) is 3.20. The van der Waals surface area contributed by atoms with Gasteiger partial charge in [0.05, 0.1) is 25.3 Å². The van der Waals surface area contributed by atoms with Crippen LogP contribution in [0.15, 0.2) is 18.3 Å². The highest BCUT2D eigenvalue weighted by Gasteiger charge is 2.35. The molecule has 0 aromatic carbocycles. The third-order valence-corrected chi connectivity index (χ3v) is 4.28. The van der Waals surface area contributed by atoms with E-state index >= 15 is 0 Å². The van der Waals surface area contributed by atoms with Gasteiger partial charge >= 0.3 is 0 Å². The zero-order chi connectivity index (χ0) is 15.4. The highest BCUT2D eigenvalue weighted by molar-refractivity contribution is 5.42. The van der Waals surface area contributed by atoms with E-state index in [1.165, 1.54) is 12.8 Å². The van der Waals surface area contributed by atoms with Crippen LogP contribution in [0.4, 0.5) is 5.82 Å². The molecule has 2 aliphatic rings. The van der Waals surface area contributed by atoms with Crippen molar-refractivity contribution < 1.29 is 9.84 Å². The maximum absolute atomic E-state index is 11.0. The lowest BCUT2D eigenvalue weighted by Crippen LogP contribution is -2.52. The zero-order valence-electron chi connectivity index (χ0n) is 12.7. The fourth-order valence-corrected chi connectivity index (χ4v) is 3.20. The van der Waals surface area contributed by atoms with E-state index in [0.29, 0.717) is 38.4 Å². The first-order valence-corrected chi connectivity index (χ1v) is 7.82. The molecule has 3 rings (SSSR count). The molecule has 1 atom stereocenters. The molecule has 2 fully saturated rings. The first-order valence-electron chi connectivity index (χ1n) is 7.82. The Labute approximate surface area is 130 Å². The molecule has 1 N–H and O–H groups in total. The van der Waals surface area contributed by atoms with Crippen molar-refractivity contribution in [2.24, 2.45) is 0 Å². The number of hydrogen-bond acceptors (Lipinski definition) is 6. The molecule has 0 bridgehead atoms. The Morgan fingerprint density at radius 3 is 2.82 bits per heavy atom. The maximum Gasteiger partial charge on any atom is 0.128 e. The average Bonchev–Trinajstić information content (AvgIpc) is 2.95. The predicted molar refractivity (Wildman–Crippen MR) is 82.6 cm³/mol. The molecule has 118 valence electrons. The lowest BCUT2D eigenvalue weighted by Gasteiger charge is -2.34. The van der Waals surface area contributed by atoms with Crippen LogP contribution in [0.25, 0.3) is 0 Å². The third kappa shape index (κ3) is 3.55. The summed E-state index contributed by atoms with van der Waals surface area (Å²) in [6.45, 7) is 4.87. The van der Waals surface area contributed by atoms with E-state index in [0.717, 1.165) is 18.9 Å². The molecule has 2 aliphatic heterocycles. The number of ether oxygens (including phenoxy) is 1. The van der Waals surface area contributed by atoms with Gasteiger partial charge in [0.1, 0.15) is 17.5 Å². The van der Waals surface area contributed by atoms with Gasteiger partial charge in [0.2, 0.25) is 0 Å². The molecule has 22 heavy (non-hydrogen) atoms. The molecule has 0 saturated carbocycles. The van der Waals surface area contributed by atoms with Gasteiger partial charge in [0, 0.05) is 19.3 Å². The van der Waals surface area contributed by atoms with Gasteiger partial charge in [-0.3, -0.25) is 0 Å². The molecule has 6 nitrogen and oxygen atoms in total. The summed E-state index contributed by atoms with van der Waals surface area (Å²) in [6.07, 6.45) is 3.98. The molecular weight excluding hydrogens is 280 g/mol. The van der Waals surface area contributed by atoms with Gasteiger partial charge < -0.3 is 19.6 Å². The van der Waals surface area contributed by atoms with E-state index in [4.69, 9.17) is 10.00 Å². The topological polar surface area (TPSA) is 72.6 Å². The Kier molecular flexibility index (Phi) is 4.57. The van der Waals surface area contributed by atoms with E-state index < -0.39 is 5.60 Å². The Bertz CT molecular complexity index is 536. The van der Waals surface area contributed by atoms with Crippen molar-refractivity contribution in [2.45, 2.75) is 18.4 Å². The summed E-state index contributed by atoms with van der Waals surface area (Å²) in [5, 5.41) is 19.8. The first kappa shape index (κ1) is 15.2. The quantitative estimate of drug-likeness (QED) is 0.882. The molecule has 3 heterocycles. The molecular formula is C16H22N4O2. The minimum atomic E-state index is -0.879. The second-order valence-corrected chi connectivity index (χ2v) is 6.20. The summed E-state index contributed by atoms with van der Waals surface area (Å²) in [5.41, 5.74) is -0.335. The molecule has 1 aromatic heterocycles. The van der Waals surface area contributed by atoms with Gasteiger partial charge in [-0.2, -0.15) is 5.26 Å². The van der Waals surface area contributed by atoms with Gasteiger partial charge in [0.15, 0.2) is 0 Å². The lowest BCUT2D eigenvalue weighted by molar-refractivity contribution is -0.0439. The molecule has 1 aromatic rings. The molecule has 0 amide bonds. The monoisotopic (exact) mass is 302 g/mol. The zero-order valence-corrected chi connectivity index (χ0v) is 12.7. The standard InChI is InChI=1S/C16H22N4O2/c17-9-14-3-4-15(18-10-14)20-7-8-22-13-16(21,12-20)11-19-5-1-2-6-19/h3-4,10,21H,1-2,5-8,11-13H2/t16-/m0/s1. The molecule has 6 heteroatoms. The van der Waals surface area contributed by atoms with Crippen LogP contribution in [0.5, 0.6) is 0 Å². The van der Waals surface area contributed by atoms with Crippen LogP contribution in [-0.4, -0.2) is 66.5 Å². The van der Waals surface area contributed by atoms with E-state index in [-0.39, 0.29) is 0 Å². The van der Waals surface area contributed by atoms with Crippen molar-refractivity contribution in [3.63, 3.8) is 0 Å². The Morgan fingerprint density at radius 1 is 1.32 bits per heavy atom. The molecule has 0 aliphatic carbocycles. The smallest absolute Gasteiger partial charge is 0.128 e. The number of rotatable bonds is 3. The first-order chi connectivity index (χ1) is 10.7. The highest BCUT2D eigenvalue weighted by Crippen LogP contribution is 2.21. The second-order valence-electron chi connectivity index (χ2n) is 6.20. The Morgan fingerprint density at radius 2 is 2.14 bits per heavy atom. The van der Waals surface area contributed by atoms with Crippen molar-refractivity contribution in [2.75, 3.05) is 50.8 Å². The number of nitriles is 1. The summed E-state index contributed by atoms with van der Waals surface area (Å²) >= 11 is 0. The van der Waals surface area contributed by atoms with Crippen molar-refractivity contribution in [1.29, 1.82) is 5.26 Å². The van der Waals surface area contributed by atoms with Crippen LogP contribution >= 0.6 is 0 Å². The Balaban J connectivity index is 1.72. The van der Waals surface area contributed by atoms with E-state index in [9.17, 15) is 5.11 Å². The minimum Gasteiger partial charge on any atom is -0.384 e. The largest absolute Gasteiger partial charge is 0.384 e. The fraction of sp³-hybridized carbons (Fsp3) is 0.625. The van der Waals surface area contributed by atoms with E-state index in [1.807, 2.05) is 11.0 Å². The SMILES string of the molecule is N#Cc1ccc(N2CCOC[C@](O)(CN3CCCC3)C2)nc1. The highest BCUT2D eigenvalue weighted by atomic mass is 16.5. The van der Waals surface area contributed by atoms with Gasteiger partial charge in [-0.1, -0.05) is 0 Å².